The molecule has 8 heteroatoms. The van der Waals surface area contributed by atoms with Gasteiger partial charge in [-0.25, -0.2) is 13.4 Å². The monoisotopic (exact) mass is 304 g/mol. The molecule has 0 saturated carbocycles. The predicted octanol–water partition coefficient (Wildman–Crippen LogP) is 1.84. The molecule has 0 amide bonds. The minimum Gasteiger partial charge on any atom is -0.446 e. The molecular formula is C13H12N4O3S. The summed E-state index contributed by atoms with van der Waals surface area (Å²) in [6, 6.07) is 8.42. The Hall–Kier alpha value is -2.61. The molecule has 3 aromatic rings. The first-order chi connectivity index (χ1) is 9.92. The Bertz CT molecular complexity index is 918. The highest BCUT2D eigenvalue weighted by molar-refractivity contribution is 7.92. The maximum Gasteiger partial charge on any atom is 0.231 e. The fraction of sp³-hybridized carbons (Fsp3) is 0.0769. The highest BCUT2D eigenvalue weighted by Crippen LogP contribution is 2.25. The third kappa shape index (κ3) is 2.79. The molecule has 3 rings (SSSR count). The van der Waals surface area contributed by atoms with Crippen LogP contribution in [0.5, 0.6) is 0 Å². The number of nitrogen functional groups attached to an aromatic ring is 1. The number of nitrogens with zero attached hydrogens (tertiary/aromatic N) is 2. The number of hydrogen-bond acceptors (Lipinski definition) is 6. The number of aromatic nitrogens is 2. The van der Waals surface area contributed by atoms with Crippen LogP contribution in [0.4, 0.5) is 11.5 Å². The highest BCUT2D eigenvalue weighted by Gasteiger charge is 2.10. The molecule has 21 heavy (non-hydrogen) atoms. The van der Waals surface area contributed by atoms with E-state index in [1.807, 2.05) is 0 Å². The normalized spacial score (nSPS) is 11.7. The van der Waals surface area contributed by atoms with E-state index < -0.39 is 10.0 Å². The summed E-state index contributed by atoms with van der Waals surface area (Å²) in [4.78, 5) is 8.48. The van der Waals surface area contributed by atoms with Gasteiger partial charge in [-0.05, 0) is 18.2 Å². The number of nitrogens with one attached hydrogen (secondary N) is 1. The average Bonchev–Trinajstić information content (AvgIpc) is 2.86. The predicted molar refractivity (Wildman–Crippen MR) is 80.1 cm³/mol. The van der Waals surface area contributed by atoms with Crippen molar-refractivity contribution in [3.8, 4) is 11.4 Å². The van der Waals surface area contributed by atoms with Crippen LogP contribution in [0.15, 0.2) is 41.0 Å². The second-order valence-electron chi connectivity index (χ2n) is 4.53. The lowest BCUT2D eigenvalue weighted by Crippen LogP contribution is -2.09. The number of fused-ring (bicyclic) bond motifs is 1. The van der Waals surface area contributed by atoms with Crippen molar-refractivity contribution in [1.29, 1.82) is 0 Å². The average molecular weight is 304 g/mol. The first kappa shape index (κ1) is 13.4. The van der Waals surface area contributed by atoms with Crippen LogP contribution in [0.2, 0.25) is 0 Å². The van der Waals surface area contributed by atoms with E-state index >= 15 is 0 Å². The van der Waals surface area contributed by atoms with E-state index in [-0.39, 0.29) is 0 Å². The summed E-state index contributed by atoms with van der Waals surface area (Å²) >= 11 is 0. The smallest absolute Gasteiger partial charge is 0.231 e. The summed E-state index contributed by atoms with van der Waals surface area (Å²) in [5.41, 5.74) is 7.30. The Balaban J connectivity index is 2.08. The van der Waals surface area contributed by atoms with Crippen LogP contribution in [0, 0.1) is 0 Å². The van der Waals surface area contributed by atoms with Crippen LogP contribution in [0.25, 0.3) is 22.5 Å². The maximum absolute atomic E-state index is 11.3. The van der Waals surface area contributed by atoms with Gasteiger partial charge in [0.15, 0.2) is 5.82 Å². The molecule has 0 aliphatic heterocycles. The molecule has 1 aromatic carbocycles. The van der Waals surface area contributed by atoms with Gasteiger partial charge >= 0.3 is 0 Å². The van der Waals surface area contributed by atoms with Gasteiger partial charge in [0.05, 0.1) is 17.9 Å². The number of sulfonamides is 1. The quantitative estimate of drug-likeness (QED) is 0.763. The van der Waals surface area contributed by atoms with E-state index in [1.165, 1.54) is 6.26 Å². The van der Waals surface area contributed by atoms with Crippen LogP contribution < -0.4 is 10.5 Å². The molecule has 2 aromatic heterocycles. The lowest BCUT2D eigenvalue weighted by Gasteiger charge is -2.06. The fourth-order valence-electron chi connectivity index (χ4n) is 1.94. The van der Waals surface area contributed by atoms with Gasteiger partial charge in [0, 0.05) is 11.3 Å². The van der Waals surface area contributed by atoms with Crippen molar-refractivity contribution in [3.63, 3.8) is 0 Å². The van der Waals surface area contributed by atoms with Crippen molar-refractivity contribution in [3.05, 3.63) is 36.6 Å². The third-order valence-corrected chi connectivity index (χ3v) is 3.39. The molecule has 0 bridgehead atoms. The SMILES string of the molecule is CS(=O)(=O)Nc1cccc(-c2nc(N)c3ccoc3n2)c1. The number of hydrogen-bond donors (Lipinski definition) is 2. The second kappa shape index (κ2) is 4.74. The van der Waals surface area contributed by atoms with Crippen LogP contribution in [-0.4, -0.2) is 24.6 Å². The summed E-state index contributed by atoms with van der Waals surface area (Å²) in [6.45, 7) is 0. The Labute approximate surface area is 120 Å². The van der Waals surface area contributed by atoms with Gasteiger partial charge in [-0.15, -0.1) is 0 Å². The molecule has 2 heterocycles. The first-order valence-electron chi connectivity index (χ1n) is 6.01. The van der Waals surface area contributed by atoms with E-state index in [2.05, 4.69) is 14.7 Å². The zero-order valence-electron chi connectivity index (χ0n) is 11.1. The van der Waals surface area contributed by atoms with Crippen molar-refractivity contribution in [2.45, 2.75) is 0 Å². The number of anilines is 2. The number of furan rings is 1. The Kier molecular flexibility index (Phi) is 3.02. The molecule has 0 fully saturated rings. The summed E-state index contributed by atoms with van der Waals surface area (Å²) in [5, 5.41) is 0.643. The molecular weight excluding hydrogens is 292 g/mol. The molecule has 7 nitrogen and oxygen atoms in total. The molecule has 0 spiro atoms. The zero-order valence-corrected chi connectivity index (χ0v) is 11.9. The molecule has 0 unspecified atom stereocenters. The minimum atomic E-state index is -3.34. The van der Waals surface area contributed by atoms with Gasteiger partial charge in [-0.2, -0.15) is 4.98 Å². The van der Waals surface area contributed by atoms with Gasteiger partial charge in [-0.3, -0.25) is 4.72 Å². The Morgan fingerprint density at radius 1 is 1.24 bits per heavy atom. The van der Waals surface area contributed by atoms with Crippen molar-refractivity contribution in [2.75, 3.05) is 16.7 Å². The number of nitrogens with two attached hydrogens (primary N) is 1. The van der Waals surface area contributed by atoms with E-state index in [9.17, 15) is 8.42 Å². The second-order valence-corrected chi connectivity index (χ2v) is 6.28. The van der Waals surface area contributed by atoms with Crippen molar-refractivity contribution in [1.82, 2.24) is 9.97 Å². The third-order valence-electron chi connectivity index (χ3n) is 2.78. The van der Waals surface area contributed by atoms with Crippen molar-refractivity contribution >= 4 is 32.6 Å². The van der Waals surface area contributed by atoms with E-state index in [1.54, 1.807) is 30.3 Å². The molecule has 0 saturated heterocycles. The standard InChI is InChI=1S/C13H12N4O3S/c1-21(18,19)17-9-4-2-3-8(7-9)12-15-11(14)10-5-6-20-13(10)16-12/h2-7,17H,1H3,(H2,14,15,16). The molecule has 108 valence electrons. The first-order valence-corrected chi connectivity index (χ1v) is 7.90. The van der Waals surface area contributed by atoms with Gasteiger partial charge in [0.2, 0.25) is 15.7 Å². The zero-order chi connectivity index (χ0) is 15.0. The van der Waals surface area contributed by atoms with Gasteiger partial charge in [-0.1, -0.05) is 12.1 Å². The van der Waals surface area contributed by atoms with Crippen LogP contribution >= 0.6 is 0 Å². The van der Waals surface area contributed by atoms with Gasteiger partial charge in [0.1, 0.15) is 5.82 Å². The lowest BCUT2D eigenvalue weighted by atomic mass is 10.2. The topological polar surface area (TPSA) is 111 Å². The summed E-state index contributed by atoms with van der Waals surface area (Å²) < 4.78 is 30.2. The molecule has 3 N–H and O–H groups in total. The molecule has 0 radical (unpaired) electrons. The Morgan fingerprint density at radius 3 is 2.81 bits per heavy atom. The van der Waals surface area contributed by atoms with Crippen LogP contribution in [-0.2, 0) is 10.0 Å². The summed E-state index contributed by atoms with van der Waals surface area (Å²) in [5.74, 6) is 0.678. The van der Waals surface area contributed by atoms with Crippen LogP contribution in [0.3, 0.4) is 0 Å². The van der Waals surface area contributed by atoms with Gasteiger partial charge < -0.3 is 10.2 Å². The summed E-state index contributed by atoms with van der Waals surface area (Å²) in [7, 11) is -3.34. The largest absolute Gasteiger partial charge is 0.446 e. The van der Waals surface area contributed by atoms with E-state index in [0.717, 1.165) is 6.26 Å². The van der Waals surface area contributed by atoms with E-state index in [0.29, 0.717) is 34.0 Å². The van der Waals surface area contributed by atoms with Gasteiger partial charge in [0.25, 0.3) is 0 Å². The highest BCUT2D eigenvalue weighted by atomic mass is 32.2. The lowest BCUT2D eigenvalue weighted by molar-refractivity contribution is 0.603. The minimum absolute atomic E-state index is 0.310. The summed E-state index contributed by atoms with van der Waals surface area (Å²) in [6.07, 6.45) is 2.57. The number of benzene rings is 1. The Morgan fingerprint density at radius 2 is 2.05 bits per heavy atom. The van der Waals surface area contributed by atoms with Crippen LogP contribution in [0.1, 0.15) is 0 Å². The van der Waals surface area contributed by atoms with E-state index in [4.69, 9.17) is 10.2 Å². The molecule has 0 atom stereocenters. The maximum atomic E-state index is 11.3. The number of rotatable bonds is 3. The molecule has 0 aliphatic carbocycles. The van der Waals surface area contributed by atoms with Crippen molar-refractivity contribution < 1.29 is 12.8 Å². The van der Waals surface area contributed by atoms with Crippen molar-refractivity contribution in [2.24, 2.45) is 0 Å². The molecule has 0 aliphatic rings. The fourth-order valence-corrected chi connectivity index (χ4v) is 2.50.